The molecule has 0 aromatic heterocycles. The zero-order valence-corrected chi connectivity index (χ0v) is 19.7. The quantitative estimate of drug-likeness (QED) is 0.350. The SMILES string of the molecule is [Cl-].[Cl-].[Cl-].[Ti+3][C]1=C(Cc2ccccc2)C(C(c2ccccc2)c2ccccc2)=CC1. The van der Waals surface area contributed by atoms with Gasteiger partial charge >= 0.3 is 168 Å². The summed E-state index contributed by atoms with van der Waals surface area (Å²) in [4.78, 5) is 0. The van der Waals surface area contributed by atoms with E-state index in [-0.39, 0.29) is 37.2 Å². The Kier molecular flexibility index (Phi) is 11.0. The van der Waals surface area contributed by atoms with Crippen LogP contribution < -0.4 is 37.2 Å². The van der Waals surface area contributed by atoms with Gasteiger partial charge in [0.2, 0.25) is 0 Å². The van der Waals surface area contributed by atoms with Gasteiger partial charge in [0.25, 0.3) is 0 Å². The van der Waals surface area contributed by atoms with E-state index in [9.17, 15) is 0 Å². The van der Waals surface area contributed by atoms with Gasteiger partial charge in [0.15, 0.2) is 0 Å². The van der Waals surface area contributed by atoms with E-state index in [1.54, 1.807) is 0 Å². The molecule has 0 bridgehead atoms. The Bertz CT molecular complexity index is 896. The molecule has 0 nitrogen and oxygen atoms in total. The summed E-state index contributed by atoms with van der Waals surface area (Å²) in [5.41, 5.74) is 7.10. The Labute approximate surface area is 204 Å². The van der Waals surface area contributed by atoms with Crippen molar-refractivity contribution in [3.8, 4) is 0 Å². The fourth-order valence-electron chi connectivity index (χ4n) is 3.78. The molecule has 0 spiro atoms. The number of rotatable bonds is 5. The number of allylic oxidation sites excluding steroid dienone is 4. The van der Waals surface area contributed by atoms with E-state index in [1.807, 2.05) is 0 Å². The van der Waals surface area contributed by atoms with Crippen LogP contribution >= 0.6 is 0 Å². The first kappa shape index (κ1) is 25.8. The number of hydrogen-bond donors (Lipinski definition) is 0. The van der Waals surface area contributed by atoms with Gasteiger partial charge in [-0.15, -0.1) is 0 Å². The Morgan fingerprint density at radius 3 is 1.59 bits per heavy atom. The summed E-state index contributed by atoms with van der Waals surface area (Å²) in [7, 11) is 0. The minimum absolute atomic E-state index is 0. The maximum absolute atomic E-state index is 2.44. The van der Waals surface area contributed by atoms with E-state index < -0.39 is 0 Å². The summed E-state index contributed by atoms with van der Waals surface area (Å²) < 4.78 is 1.50. The van der Waals surface area contributed by atoms with Crippen LogP contribution in [0.15, 0.2) is 112 Å². The van der Waals surface area contributed by atoms with E-state index in [1.165, 1.54) is 31.7 Å². The molecular formula is C25H21Cl3Ti. The first-order chi connectivity index (χ1) is 12.8. The first-order valence-electron chi connectivity index (χ1n) is 9.11. The van der Waals surface area contributed by atoms with Crippen LogP contribution in [0.25, 0.3) is 0 Å². The molecule has 0 fully saturated rings. The molecule has 0 heterocycles. The van der Waals surface area contributed by atoms with Gasteiger partial charge in [-0.3, -0.25) is 0 Å². The Hall–Kier alpha value is -1.28. The van der Waals surface area contributed by atoms with E-state index >= 15 is 0 Å². The summed E-state index contributed by atoms with van der Waals surface area (Å²) in [6.45, 7) is 0. The van der Waals surface area contributed by atoms with Crippen molar-refractivity contribution in [1.29, 1.82) is 0 Å². The molecule has 3 aromatic carbocycles. The summed E-state index contributed by atoms with van der Waals surface area (Å²) in [6, 6.07) is 32.6. The summed E-state index contributed by atoms with van der Waals surface area (Å²) in [5.74, 6) is 0.300. The molecule has 1 aliphatic carbocycles. The second kappa shape index (κ2) is 12.4. The van der Waals surface area contributed by atoms with Gasteiger partial charge in [0.1, 0.15) is 0 Å². The summed E-state index contributed by atoms with van der Waals surface area (Å²) in [6.07, 6.45) is 4.51. The zero-order chi connectivity index (χ0) is 17.8. The van der Waals surface area contributed by atoms with Crippen molar-refractivity contribution in [2.24, 2.45) is 0 Å². The Balaban J connectivity index is 0.00000140. The molecule has 0 unspecified atom stereocenters. The predicted octanol–water partition coefficient (Wildman–Crippen LogP) is -2.80. The fourth-order valence-corrected chi connectivity index (χ4v) is 4.30. The van der Waals surface area contributed by atoms with Crippen molar-refractivity contribution >= 4 is 0 Å². The molecule has 0 N–H and O–H groups in total. The van der Waals surface area contributed by atoms with E-state index in [4.69, 9.17) is 0 Å². The van der Waals surface area contributed by atoms with Crippen molar-refractivity contribution < 1.29 is 57.7 Å². The van der Waals surface area contributed by atoms with Crippen LogP contribution in [0.4, 0.5) is 0 Å². The second-order valence-corrected chi connectivity index (χ2v) is 7.68. The molecule has 0 amide bonds. The van der Waals surface area contributed by atoms with E-state index in [0.29, 0.717) is 5.92 Å². The molecular weight excluding hydrogens is 455 g/mol. The van der Waals surface area contributed by atoms with Crippen LogP contribution in [0.5, 0.6) is 0 Å². The summed E-state index contributed by atoms with van der Waals surface area (Å²) in [5, 5.41) is 0. The number of halogens is 3. The second-order valence-electron chi connectivity index (χ2n) is 6.74. The van der Waals surface area contributed by atoms with E-state index in [2.05, 4.69) is 118 Å². The first-order valence-corrected chi connectivity index (χ1v) is 9.89. The van der Waals surface area contributed by atoms with Gasteiger partial charge in [-0.2, -0.15) is 0 Å². The van der Waals surface area contributed by atoms with Crippen molar-refractivity contribution in [2.75, 3.05) is 0 Å². The fraction of sp³-hybridized carbons (Fsp3) is 0.120. The molecule has 0 radical (unpaired) electrons. The molecule has 4 rings (SSSR count). The standard InChI is InChI=1S/C25H21.3ClH.Ti/c1-4-11-20(12-5-1)19-23-17-10-18-24(23)25(21-13-6-2-7-14-21)22-15-8-3-9-16-22;;;;/h1-9,11-16,18,25H,10,19H2;3*1H;/q;;;;+3/p-3. The Morgan fingerprint density at radius 1 is 0.655 bits per heavy atom. The molecule has 1 aliphatic rings. The third-order valence-corrected chi connectivity index (χ3v) is 5.83. The molecule has 29 heavy (non-hydrogen) atoms. The van der Waals surface area contributed by atoms with Crippen LogP contribution in [0.3, 0.4) is 0 Å². The monoisotopic (exact) mass is 474 g/mol. The van der Waals surface area contributed by atoms with Gasteiger partial charge in [-0.25, -0.2) is 0 Å². The normalized spacial score (nSPS) is 12.6. The minimum atomic E-state index is 0. The molecule has 3 aromatic rings. The predicted molar refractivity (Wildman–Crippen MR) is 105 cm³/mol. The Morgan fingerprint density at radius 2 is 1.10 bits per heavy atom. The zero-order valence-electron chi connectivity index (χ0n) is 15.9. The van der Waals surface area contributed by atoms with Gasteiger partial charge < -0.3 is 37.2 Å². The van der Waals surface area contributed by atoms with Crippen LogP contribution in [0, 0.1) is 0 Å². The van der Waals surface area contributed by atoms with E-state index in [0.717, 1.165) is 12.8 Å². The van der Waals surface area contributed by atoms with Crippen molar-refractivity contribution in [1.82, 2.24) is 0 Å². The van der Waals surface area contributed by atoms with Gasteiger partial charge in [0, 0.05) is 0 Å². The molecule has 0 saturated heterocycles. The van der Waals surface area contributed by atoms with Crippen LogP contribution in [0.1, 0.15) is 29.0 Å². The molecule has 146 valence electrons. The third-order valence-electron chi connectivity index (χ3n) is 5.04. The average molecular weight is 476 g/mol. The van der Waals surface area contributed by atoms with Crippen LogP contribution in [-0.2, 0) is 26.9 Å². The topological polar surface area (TPSA) is 0 Å². The molecule has 0 atom stereocenters. The van der Waals surface area contributed by atoms with Crippen LogP contribution in [0.2, 0.25) is 0 Å². The van der Waals surface area contributed by atoms with Crippen molar-refractivity contribution in [2.45, 2.75) is 18.8 Å². The van der Waals surface area contributed by atoms with Crippen molar-refractivity contribution in [3.05, 3.63) is 129 Å². The molecule has 4 heteroatoms. The van der Waals surface area contributed by atoms with Gasteiger partial charge in [-0.1, -0.05) is 0 Å². The number of hydrogen-bond acceptors (Lipinski definition) is 0. The van der Waals surface area contributed by atoms with Crippen LogP contribution in [-0.4, -0.2) is 0 Å². The van der Waals surface area contributed by atoms with Gasteiger partial charge in [-0.05, 0) is 0 Å². The van der Waals surface area contributed by atoms with Crippen molar-refractivity contribution in [3.63, 3.8) is 0 Å². The summed E-state index contributed by atoms with van der Waals surface area (Å²) >= 11 is 2.29. The molecule has 0 aliphatic heterocycles. The number of benzene rings is 3. The maximum atomic E-state index is 2.44. The third kappa shape index (κ3) is 6.11. The molecule has 0 saturated carbocycles. The van der Waals surface area contributed by atoms with Gasteiger partial charge in [0.05, 0.1) is 0 Å². The average Bonchev–Trinajstić information content (AvgIpc) is 3.05.